The van der Waals surface area contributed by atoms with Crippen LogP contribution in [0.1, 0.15) is 52.2 Å². The maximum atomic E-state index is 2.44. The van der Waals surface area contributed by atoms with Crippen molar-refractivity contribution in [2.75, 3.05) is 0 Å². The van der Waals surface area contributed by atoms with Crippen molar-refractivity contribution < 1.29 is 48.0 Å². The largest absolute Gasteiger partial charge is 1.00 e. The van der Waals surface area contributed by atoms with E-state index in [1.165, 1.54) is 23.1 Å². The molecule has 0 spiro atoms. The summed E-state index contributed by atoms with van der Waals surface area (Å²) >= 11 is -0.807. The fourth-order valence-corrected chi connectivity index (χ4v) is 9.56. The van der Waals surface area contributed by atoms with E-state index >= 15 is 0 Å². The Morgan fingerprint density at radius 1 is 0.815 bits per heavy atom. The Labute approximate surface area is 187 Å². The van der Waals surface area contributed by atoms with E-state index in [0.29, 0.717) is 3.12 Å². The van der Waals surface area contributed by atoms with Gasteiger partial charge in [0.15, 0.2) is 0 Å². The zero-order chi connectivity index (χ0) is 17.8. The summed E-state index contributed by atoms with van der Waals surface area (Å²) < 4.78 is 2.09. The molecule has 2 aromatic carbocycles. The van der Waals surface area contributed by atoms with Crippen LogP contribution in [0.25, 0.3) is 11.1 Å². The normalized spacial score (nSPS) is 16.3. The molecule has 0 amide bonds. The molecule has 0 N–H and O–H groups in total. The first kappa shape index (κ1) is 22.7. The van der Waals surface area contributed by atoms with Crippen LogP contribution in [0, 0.1) is 0 Å². The van der Waals surface area contributed by atoms with Crippen molar-refractivity contribution in [3.8, 4) is 11.1 Å². The first-order valence-corrected chi connectivity index (χ1v) is 11.8. The fourth-order valence-electron chi connectivity index (χ4n) is 4.79. The van der Waals surface area contributed by atoms with Crippen LogP contribution in [0.3, 0.4) is 0 Å². The Kier molecular flexibility index (Phi) is 7.05. The van der Waals surface area contributed by atoms with Crippen molar-refractivity contribution in [1.29, 1.82) is 0 Å². The van der Waals surface area contributed by atoms with Crippen molar-refractivity contribution in [2.24, 2.45) is 0 Å². The van der Waals surface area contributed by atoms with E-state index in [0.717, 1.165) is 6.42 Å². The van der Waals surface area contributed by atoms with Crippen LogP contribution in [0.2, 0.25) is 3.12 Å². The summed E-state index contributed by atoms with van der Waals surface area (Å²) in [6, 6.07) is 16.0. The number of fused-ring (bicyclic) bond motifs is 3. The molecular formula is C24H26Cl2Zr. The second-order valence-corrected chi connectivity index (χ2v) is 11.6. The average molecular weight is 477 g/mol. The van der Waals surface area contributed by atoms with Crippen LogP contribution in [0.4, 0.5) is 0 Å². The van der Waals surface area contributed by atoms with Crippen molar-refractivity contribution in [2.45, 2.75) is 50.6 Å². The van der Waals surface area contributed by atoms with E-state index in [2.05, 4.69) is 77.1 Å². The number of allylic oxidation sites excluding steroid dienone is 4. The zero-order valence-corrected chi connectivity index (χ0v) is 20.7. The predicted octanol–water partition coefficient (Wildman–Crippen LogP) is 0.229. The molecular weight excluding hydrogens is 450 g/mol. The minimum atomic E-state index is -0.807. The Bertz CT molecular complexity index is 913. The molecule has 0 unspecified atom stereocenters. The van der Waals surface area contributed by atoms with Gasteiger partial charge in [-0.05, 0) is 0 Å². The average Bonchev–Trinajstić information content (AvgIpc) is 3.09. The van der Waals surface area contributed by atoms with Gasteiger partial charge in [0.1, 0.15) is 0 Å². The zero-order valence-electron chi connectivity index (χ0n) is 16.7. The molecule has 0 saturated carbocycles. The van der Waals surface area contributed by atoms with E-state index < -0.39 is 23.2 Å². The number of rotatable bonds is 3. The monoisotopic (exact) mass is 474 g/mol. The van der Waals surface area contributed by atoms with Gasteiger partial charge in [-0.3, -0.25) is 0 Å². The molecule has 2 aromatic rings. The van der Waals surface area contributed by atoms with Gasteiger partial charge in [0.2, 0.25) is 0 Å². The van der Waals surface area contributed by atoms with Gasteiger partial charge in [0.05, 0.1) is 0 Å². The van der Waals surface area contributed by atoms with E-state index in [-0.39, 0.29) is 24.8 Å². The Morgan fingerprint density at radius 3 is 2.04 bits per heavy atom. The molecule has 0 nitrogen and oxygen atoms in total. The number of hydrogen-bond acceptors (Lipinski definition) is 0. The van der Waals surface area contributed by atoms with E-state index in [1.54, 1.807) is 31.1 Å². The van der Waals surface area contributed by atoms with Crippen molar-refractivity contribution in [3.05, 3.63) is 75.9 Å². The summed E-state index contributed by atoms with van der Waals surface area (Å²) in [4.78, 5) is 0. The molecule has 0 fully saturated rings. The van der Waals surface area contributed by atoms with Crippen LogP contribution >= 0.6 is 0 Å². The predicted molar refractivity (Wildman–Crippen MR) is 104 cm³/mol. The number of halogens is 2. The van der Waals surface area contributed by atoms with Crippen molar-refractivity contribution in [1.82, 2.24) is 0 Å². The molecule has 0 aromatic heterocycles. The van der Waals surface area contributed by atoms with Crippen LogP contribution < -0.4 is 28.1 Å². The molecule has 0 atom stereocenters. The van der Waals surface area contributed by atoms with Crippen molar-refractivity contribution in [3.63, 3.8) is 0 Å². The third-order valence-corrected chi connectivity index (χ3v) is 12.3. The number of hydrogen-bond donors (Lipinski definition) is 0. The van der Waals surface area contributed by atoms with Gasteiger partial charge >= 0.3 is 164 Å². The standard InChI is InChI=1S/C13H9.C11H17.2ClH.Zr/c1-3-7-12-10(5-1)9-11-6-2-4-8-13(11)12;1-6-11-9(4)7(2)8(3)10(11)5;;;/h1-5,7-8H,9H2;6H2,1-5H3;2*1H;/q;;;;+2/p-2. The molecule has 0 heterocycles. The topological polar surface area (TPSA) is 0 Å². The van der Waals surface area contributed by atoms with Gasteiger partial charge in [0.25, 0.3) is 0 Å². The Balaban J connectivity index is 0.00000131. The van der Waals surface area contributed by atoms with E-state index in [9.17, 15) is 0 Å². The quantitative estimate of drug-likeness (QED) is 0.508. The molecule has 140 valence electrons. The SMILES string of the molecule is CC[C]1([Zr+2][c]2cccc3c2Cc2ccccc2-3)C(C)=C(C)C(C)=C1C.[Cl-].[Cl-]. The van der Waals surface area contributed by atoms with Crippen LogP contribution in [-0.2, 0) is 29.7 Å². The van der Waals surface area contributed by atoms with Gasteiger partial charge in [-0.25, -0.2) is 0 Å². The molecule has 4 rings (SSSR count). The van der Waals surface area contributed by atoms with Crippen molar-refractivity contribution >= 4 is 3.27 Å². The maximum absolute atomic E-state index is 2.44. The summed E-state index contributed by atoms with van der Waals surface area (Å²) in [5.74, 6) is 0. The molecule has 0 aliphatic heterocycles. The second kappa shape index (κ2) is 8.40. The maximum Gasteiger partial charge on any atom is -1.00 e. The van der Waals surface area contributed by atoms with Crippen LogP contribution in [-0.4, -0.2) is 0 Å². The molecule has 27 heavy (non-hydrogen) atoms. The van der Waals surface area contributed by atoms with Gasteiger partial charge in [-0.2, -0.15) is 0 Å². The first-order chi connectivity index (χ1) is 12.0. The fraction of sp³-hybridized carbons (Fsp3) is 0.333. The Hall–Kier alpha value is -0.617. The Morgan fingerprint density at radius 2 is 1.41 bits per heavy atom. The summed E-state index contributed by atoms with van der Waals surface area (Å²) in [5, 5.41) is 0. The first-order valence-electron chi connectivity index (χ1n) is 9.34. The molecule has 2 aliphatic rings. The van der Waals surface area contributed by atoms with E-state index in [1.807, 2.05) is 0 Å². The summed E-state index contributed by atoms with van der Waals surface area (Å²) in [7, 11) is 0. The number of benzene rings is 2. The van der Waals surface area contributed by atoms with Gasteiger partial charge in [-0.1, -0.05) is 0 Å². The summed E-state index contributed by atoms with van der Waals surface area (Å²) in [5.41, 5.74) is 12.5. The van der Waals surface area contributed by atoms with Crippen LogP contribution in [0.5, 0.6) is 0 Å². The molecule has 0 radical (unpaired) electrons. The van der Waals surface area contributed by atoms with Gasteiger partial charge < -0.3 is 24.8 Å². The summed E-state index contributed by atoms with van der Waals surface area (Å²) in [6.07, 6.45) is 2.38. The summed E-state index contributed by atoms with van der Waals surface area (Å²) in [6.45, 7) is 11.9. The second-order valence-electron chi connectivity index (χ2n) is 7.55. The van der Waals surface area contributed by atoms with Gasteiger partial charge in [-0.15, -0.1) is 0 Å². The molecule has 0 saturated heterocycles. The molecule has 0 bridgehead atoms. The minimum absolute atomic E-state index is 0. The van der Waals surface area contributed by atoms with Crippen LogP contribution in [0.15, 0.2) is 64.8 Å². The smallest absolute Gasteiger partial charge is 1.00 e. The molecule has 2 aliphatic carbocycles. The third kappa shape index (κ3) is 3.35. The molecule has 3 heteroatoms. The third-order valence-electron chi connectivity index (χ3n) is 6.70. The minimum Gasteiger partial charge on any atom is -1.00 e. The van der Waals surface area contributed by atoms with Gasteiger partial charge in [0, 0.05) is 0 Å². The van der Waals surface area contributed by atoms with E-state index in [4.69, 9.17) is 0 Å².